The lowest BCUT2D eigenvalue weighted by atomic mass is 10.0. The number of ketones is 1. The van der Waals surface area contributed by atoms with Crippen LogP contribution in [0.3, 0.4) is 0 Å². The Bertz CT molecular complexity index is 789. The molecule has 2 heteroatoms. The minimum Gasteiger partial charge on any atom is -0.452 e. The Balaban J connectivity index is 2.15. The number of rotatable bonds is 2. The molecule has 0 aliphatic rings. The van der Waals surface area contributed by atoms with Crippen LogP contribution in [-0.2, 0) is 0 Å². The Morgan fingerprint density at radius 1 is 0.950 bits per heavy atom. The van der Waals surface area contributed by atoms with Crippen LogP contribution in [0.25, 0.3) is 11.0 Å². The number of aryl methyl sites for hydroxylation is 3. The molecule has 0 amide bonds. The lowest BCUT2D eigenvalue weighted by Gasteiger charge is -2.03. The Hall–Kier alpha value is -2.35. The summed E-state index contributed by atoms with van der Waals surface area (Å²) in [4.78, 5) is 12.6. The Morgan fingerprint density at radius 2 is 1.60 bits per heavy atom. The third-order valence-corrected chi connectivity index (χ3v) is 3.53. The van der Waals surface area contributed by atoms with Gasteiger partial charge in [-0.15, -0.1) is 0 Å². The molecule has 3 rings (SSSR count). The first-order valence-corrected chi connectivity index (χ1v) is 6.67. The van der Waals surface area contributed by atoms with E-state index in [4.69, 9.17) is 4.42 Å². The van der Waals surface area contributed by atoms with Gasteiger partial charge in [0, 0.05) is 16.5 Å². The number of hydrogen-bond acceptors (Lipinski definition) is 2. The second-order valence-electron chi connectivity index (χ2n) is 5.26. The van der Waals surface area contributed by atoms with Gasteiger partial charge in [-0.3, -0.25) is 4.79 Å². The molecule has 0 saturated heterocycles. The first-order chi connectivity index (χ1) is 9.56. The second-order valence-corrected chi connectivity index (χ2v) is 5.26. The lowest BCUT2D eigenvalue weighted by molar-refractivity contribution is 0.101. The second kappa shape index (κ2) is 4.64. The van der Waals surface area contributed by atoms with Crippen molar-refractivity contribution in [2.24, 2.45) is 0 Å². The summed E-state index contributed by atoms with van der Waals surface area (Å²) in [6, 6.07) is 13.6. The molecule has 0 aliphatic carbocycles. The van der Waals surface area contributed by atoms with Gasteiger partial charge in [-0.05, 0) is 39.0 Å². The van der Waals surface area contributed by atoms with Gasteiger partial charge in [0.2, 0.25) is 5.78 Å². The average molecular weight is 264 g/mol. The van der Waals surface area contributed by atoms with Gasteiger partial charge in [-0.1, -0.05) is 35.4 Å². The minimum atomic E-state index is -0.0505. The Labute approximate surface area is 118 Å². The van der Waals surface area contributed by atoms with Crippen molar-refractivity contribution in [1.29, 1.82) is 0 Å². The summed E-state index contributed by atoms with van der Waals surface area (Å²) < 4.78 is 5.75. The molecule has 20 heavy (non-hydrogen) atoms. The van der Waals surface area contributed by atoms with Gasteiger partial charge in [0.15, 0.2) is 5.76 Å². The molecule has 2 aromatic carbocycles. The van der Waals surface area contributed by atoms with E-state index in [1.54, 1.807) is 0 Å². The van der Waals surface area contributed by atoms with Crippen LogP contribution in [0.2, 0.25) is 0 Å². The van der Waals surface area contributed by atoms with Crippen LogP contribution >= 0.6 is 0 Å². The predicted octanol–water partition coefficient (Wildman–Crippen LogP) is 4.59. The molecule has 2 nitrogen and oxygen atoms in total. The number of benzene rings is 2. The zero-order valence-electron chi connectivity index (χ0n) is 11.9. The predicted molar refractivity (Wildman–Crippen MR) is 80.3 cm³/mol. The average Bonchev–Trinajstić information content (AvgIpc) is 2.75. The molecule has 0 atom stereocenters. The van der Waals surface area contributed by atoms with Gasteiger partial charge in [0.1, 0.15) is 5.58 Å². The Morgan fingerprint density at radius 3 is 2.25 bits per heavy atom. The molecule has 3 aromatic rings. The molecule has 0 aliphatic heterocycles. The highest BCUT2D eigenvalue weighted by Gasteiger charge is 2.19. The number of carbonyl (C=O) groups is 1. The third kappa shape index (κ3) is 2.03. The summed E-state index contributed by atoms with van der Waals surface area (Å²) >= 11 is 0. The summed E-state index contributed by atoms with van der Waals surface area (Å²) in [6.07, 6.45) is 0. The number of fused-ring (bicyclic) bond motifs is 1. The van der Waals surface area contributed by atoms with Crippen LogP contribution in [-0.4, -0.2) is 5.78 Å². The van der Waals surface area contributed by atoms with E-state index in [1.165, 1.54) is 0 Å². The van der Waals surface area contributed by atoms with Crippen LogP contribution < -0.4 is 0 Å². The molecule has 0 saturated carbocycles. The third-order valence-electron chi connectivity index (χ3n) is 3.53. The van der Waals surface area contributed by atoms with Crippen LogP contribution in [0, 0.1) is 20.8 Å². The van der Waals surface area contributed by atoms with Gasteiger partial charge < -0.3 is 4.42 Å². The summed E-state index contributed by atoms with van der Waals surface area (Å²) in [5, 5.41) is 1.00. The van der Waals surface area contributed by atoms with Crippen molar-refractivity contribution in [1.82, 2.24) is 0 Å². The van der Waals surface area contributed by atoms with E-state index in [1.807, 2.05) is 57.2 Å². The maximum atomic E-state index is 12.6. The van der Waals surface area contributed by atoms with E-state index in [9.17, 15) is 4.79 Å². The van der Waals surface area contributed by atoms with Gasteiger partial charge in [-0.25, -0.2) is 0 Å². The largest absolute Gasteiger partial charge is 0.452 e. The fourth-order valence-corrected chi connectivity index (χ4v) is 2.63. The SMILES string of the molecule is Cc1cc(C)cc(C(=O)c2oc3ccccc3c2C)c1. The number of furan rings is 1. The molecular formula is C18H16O2. The zero-order chi connectivity index (χ0) is 14.3. The van der Waals surface area contributed by atoms with Crippen LogP contribution in [0.5, 0.6) is 0 Å². The van der Waals surface area contributed by atoms with E-state index in [2.05, 4.69) is 6.07 Å². The number of carbonyl (C=O) groups excluding carboxylic acids is 1. The molecule has 100 valence electrons. The highest BCUT2D eigenvalue weighted by Crippen LogP contribution is 2.27. The number of hydrogen-bond donors (Lipinski definition) is 0. The summed E-state index contributed by atoms with van der Waals surface area (Å²) in [5.41, 5.74) is 4.52. The molecule has 0 N–H and O–H groups in total. The van der Waals surface area contributed by atoms with Gasteiger partial charge in [0.05, 0.1) is 0 Å². The first-order valence-electron chi connectivity index (χ1n) is 6.67. The zero-order valence-corrected chi connectivity index (χ0v) is 11.9. The highest BCUT2D eigenvalue weighted by atomic mass is 16.3. The van der Waals surface area contributed by atoms with Crippen LogP contribution in [0.1, 0.15) is 32.8 Å². The van der Waals surface area contributed by atoms with Crippen molar-refractivity contribution in [3.63, 3.8) is 0 Å². The van der Waals surface area contributed by atoms with E-state index in [0.717, 1.165) is 27.7 Å². The maximum Gasteiger partial charge on any atom is 0.228 e. The highest BCUT2D eigenvalue weighted by molar-refractivity contribution is 6.10. The van der Waals surface area contributed by atoms with Crippen LogP contribution in [0.4, 0.5) is 0 Å². The molecule has 0 bridgehead atoms. The van der Waals surface area contributed by atoms with Gasteiger partial charge in [0.25, 0.3) is 0 Å². The molecule has 1 heterocycles. The van der Waals surface area contributed by atoms with E-state index < -0.39 is 0 Å². The van der Waals surface area contributed by atoms with Gasteiger partial charge in [-0.2, -0.15) is 0 Å². The normalized spacial score (nSPS) is 10.9. The van der Waals surface area contributed by atoms with Crippen molar-refractivity contribution in [2.75, 3.05) is 0 Å². The van der Waals surface area contributed by atoms with Gasteiger partial charge >= 0.3 is 0 Å². The minimum absolute atomic E-state index is 0.0505. The fraction of sp³-hybridized carbons (Fsp3) is 0.167. The number of para-hydroxylation sites is 1. The lowest BCUT2D eigenvalue weighted by Crippen LogP contribution is -2.02. The van der Waals surface area contributed by atoms with Crippen molar-refractivity contribution < 1.29 is 9.21 Å². The summed E-state index contributed by atoms with van der Waals surface area (Å²) in [5.74, 6) is 0.390. The molecule has 0 radical (unpaired) electrons. The maximum absolute atomic E-state index is 12.6. The van der Waals surface area contributed by atoms with Crippen molar-refractivity contribution in [3.8, 4) is 0 Å². The molecule has 0 spiro atoms. The van der Waals surface area contributed by atoms with Crippen molar-refractivity contribution in [3.05, 3.63) is 70.5 Å². The standard InChI is InChI=1S/C18H16O2/c1-11-8-12(2)10-14(9-11)17(19)18-13(3)15-6-4-5-7-16(15)20-18/h4-10H,1-3H3. The Kier molecular flexibility index (Phi) is 2.94. The van der Waals surface area contributed by atoms with Crippen molar-refractivity contribution >= 4 is 16.8 Å². The molecule has 0 fully saturated rings. The van der Waals surface area contributed by atoms with E-state index in [0.29, 0.717) is 11.3 Å². The quantitative estimate of drug-likeness (QED) is 0.634. The molecule has 1 aromatic heterocycles. The first kappa shape index (κ1) is 12.7. The molecular weight excluding hydrogens is 248 g/mol. The van der Waals surface area contributed by atoms with E-state index in [-0.39, 0.29) is 5.78 Å². The van der Waals surface area contributed by atoms with Crippen molar-refractivity contribution in [2.45, 2.75) is 20.8 Å². The molecule has 0 unspecified atom stereocenters. The smallest absolute Gasteiger partial charge is 0.228 e. The topological polar surface area (TPSA) is 30.2 Å². The fourth-order valence-electron chi connectivity index (χ4n) is 2.63. The monoisotopic (exact) mass is 264 g/mol. The summed E-state index contributed by atoms with van der Waals surface area (Å²) in [7, 11) is 0. The summed E-state index contributed by atoms with van der Waals surface area (Å²) in [6.45, 7) is 5.92. The van der Waals surface area contributed by atoms with Crippen LogP contribution in [0.15, 0.2) is 46.9 Å². The van der Waals surface area contributed by atoms with E-state index >= 15 is 0 Å².